The molecule has 88 valence electrons. The molecule has 0 atom stereocenters. The monoisotopic (exact) mass is 220 g/mol. The van der Waals surface area contributed by atoms with Gasteiger partial charge in [-0.25, -0.2) is 0 Å². The van der Waals surface area contributed by atoms with Gasteiger partial charge in [-0.1, -0.05) is 32.1 Å². The van der Waals surface area contributed by atoms with Gasteiger partial charge in [0.05, 0.1) is 11.8 Å². The molecule has 1 aromatic heterocycles. The van der Waals surface area contributed by atoms with Crippen LogP contribution in [0.25, 0.3) is 0 Å². The fourth-order valence-electron chi connectivity index (χ4n) is 2.54. The summed E-state index contributed by atoms with van der Waals surface area (Å²) in [4.78, 5) is 12.1. The van der Waals surface area contributed by atoms with E-state index in [9.17, 15) is 4.79 Å². The second-order valence-corrected chi connectivity index (χ2v) is 4.90. The Balaban J connectivity index is 1.99. The third-order valence-corrected chi connectivity index (χ3v) is 3.73. The van der Waals surface area contributed by atoms with Crippen molar-refractivity contribution >= 4 is 5.78 Å². The predicted octanol–water partition coefficient (Wildman–Crippen LogP) is 2.88. The lowest BCUT2D eigenvalue weighted by molar-refractivity contribution is 0.0949. The lowest BCUT2D eigenvalue weighted by Crippen LogP contribution is -2.12. The number of rotatable bonds is 3. The summed E-state index contributed by atoms with van der Waals surface area (Å²) in [5.74, 6) is 0.887. The zero-order chi connectivity index (χ0) is 11.5. The summed E-state index contributed by atoms with van der Waals surface area (Å²) in [7, 11) is 1.88. The van der Waals surface area contributed by atoms with E-state index in [1.165, 1.54) is 32.1 Å². The third kappa shape index (κ3) is 2.34. The topological polar surface area (TPSA) is 34.9 Å². The Labute approximate surface area is 96.8 Å². The van der Waals surface area contributed by atoms with Crippen LogP contribution in [0.2, 0.25) is 0 Å². The van der Waals surface area contributed by atoms with E-state index in [-0.39, 0.29) is 5.78 Å². The summed E-state index contributed by atoms with van der Waals surface area (Å²) in [5, 5.41) is 4.13. The first-order valence-electron chi connectivity index (χ1n) is 6.20. The molecule has 2 rings (SSSR count). The molecule has 0 spiro atoms. The number of nitrogens with zero attached hydrogens (tertiary/aromatic N) is 2. The average molecular weight is 220 g/mol. The second kappa shape index (κ2) is 4.81. The summed E-state index contributed by atoms with van der Waals surface area (Å²) in [6, 6.07) is 0. The molecule has 0 aliphatic heterocycles. The van der Waals surface area contributed by atoms with Crippen molar-refractivity contribution in [2.45, 2.75) is 45.4 Å². The molecule has 1 fully saturated rings. The number of aryl methyl sites for hydroxylation is 1. The highest BCUT2D eigenvalue weighted by atomic mass is 16.1. The van der Waals surface area contributed by atoms with Gasteiger partial charge in [0, 0.05) is 19.2 Å². The molecule has 0 unspecified atom stereocenters. The normalized spacial score (nSPS) is 17.6. The van der Waals surface area contributed by atoms with Crippen LogP contribution in [0.5, 0.6) is 0 Å². The molecular formula is C13H20N2O. The van der Waals surface area contributed by atoms with Crippen molar-refractivity contribution in [3.63, 3.8) is 0 Å². The van der Waals surface area contributed by atoms with E-state index >= 15 is 0 Å². The van der Waals surface area contributed by atoms with Gasteiger partial charge in [0.2, 0.25) is 0 Å². The fraction of sp³-hybridized carbons (Fsp3) is 0.692. The maximum atomic E-state index is 12.1. The third-order valence-electron chi connectivity index (χ3n) is 3.73. The van der Waals surface area contributed by atoms with Crippen LogP contribution in [0.1, 0.15) is 54.6 Å². The zero-order valence-electron chi connectivity index (χ0n) is 10.2. The van der Waals surface area contributed by atoms with E-state index in [2.05, 4.69) is 5.10 Å². The van der Waals surface area contributed by atoms with Crippen molar-refractivity contribution in [3.05, 3.63) is 17.5 Å². The van der Waals surface area contributed by atoms with E-state index < -0.39 is 0 Å². The van der Waals surface area contributed by atoms with Crippen LogP contribution < -0.4 is 0 Å². The van der Waals surface area contributed by atoms with E-state index in [0.29, 0.717) is 12.3 Å². The van der Waals surface area contributed by atoms with Crippen molar-refractivity contribution < 1.29 is 4.79 Å². The fourth-order valence-corrected chi connectivity index (χ4v) is 2.54. The maximum Gasteiger partial charge on any atom is 0.166 e. The van der Waals surface area contributed by atoms with Gasteiger partial charge in [0.15, 0.2) is 5.78 Å². The molecule has 0 bridgehead atoms. The number of ketones is 1. The van der Waals surface area contributed by atoms with Crippen LogP contribution in [0.3, 0.4) is 0 Å². The van der Waals surface area contributed by atoms with Crippen LogP contribution in [0.4, 0.5) is 0 Å². The van der Waals surface area contributed by atoms with Gasteiger partial charge in [-0.05, 0) is 12.8 Å². The molecule has 1 aliphatic carbocycles. The molecule has 3 heteroatoms. The van der Waals surface area contributed by atoms with Crippen molar-refractivity contribution in [1.82, 2.24) is 9.78 Å². The van der Waals surface area contributed by atoms with Gasteiger partial charge in [-0.3, -0.25) is 9.48 Å². The van der Waals surface area contributed by atoms with Crippen LogP contribution >= 0.6 is 0 Å². The Kier molecular flexibility index (Phi) is 3.42. The molecular weight excluding hydrogens is 200 g/mol. The van der Waals surface area contributed by atoms with Crippen LogP contribution in [-0.2, 0) is 7.05 Å². The summed E-state index contributed by atoms with van der Waals surface area (Å²) < 4.78 is 1.77. The second-order valence-electron chi connectivity index (χ2n) is 4.90. The van der Waals surface area contributed by atoms with Crippen LogP contribution in [-0.4, -0.2) is 15.6 Å². The lowest BCUT2D eigenvalue weighted by atomic mass is 9.85. The van der Waals surface area contributed by atoms with Crippen molar-refractivity contribution in [1.29, 1.82) is 0 Å². The van der Waals surface area contributed by atoms with Gasteiger partial charge in [0.25, 0.3) is 0 Å². The summed E-state index contributed by atoms with van der Waals surface area (Å²) >= 11 is 0. The largest absolute Gasteiger partial charge is 0.294 e. The van der Waals surface area contributed by atoms with Crippen molar-refractivity contribution in [3.8, 4) is 0 Å². The Bertz CT molecular complexity index is 375. The molecule has 0 amide bonds. The Morgan fingerprint density at radius 3 is 2.69 bits per heavy atom. The Hall–Kier alpha value is -1.12. The van der Waals surface area contributed by atoms with E-state index in [1.54, 1.807) is 10.9 Å². The van der Waals surface area contributed by atoms with E-state index in [4.69, 9.17) is 0 Å². The van der Waals surface area contributed by atoms with Gasteiger partial charge in [0.1, 0.15) is 0 Å². The summed E-state index contributed by atoms with van der Waals surface area (Å²) in [6.07, 6.45) is 8.81. The van der Waals surface area contributed by atoms with Crippen molar-refractivity contribution in [2.24, 2.45) is 13.0 Å². The van der Waals surface area contributed by atoms with Crippen molar-refractivity contribution in [2.75, 3.05) is 0 Å². The quantitative estimate of drug-likeness (QED) is 0.734. The highest BCUT2D eigenvalue weighted by Crippen LogP contribution is 2.27. The molecule has 0 radical (unpaired) electrons. The molecule has 0 aromatic carbocycles. The van der Waals surface area contributed by atoms with E-state index in [0.717, 1.165) is 11.3 Å². The number of hydrogen-bond donors (Lipinski definition) is 0. The van der Waals surface area contributed by atoms with Gasteiger partial charge >= 0.3 is 0 Å². The highest BCUT2D eigenvalue weighted by Gasteiger charge is 2.20. The molecule has 0 N–H and O–H groups in total. The minimum atomic E-state index is 0.275. The molecule has 0 saturated heterocycles. The SMILES string of the molecule is Cc1c(C(=O)CC2CCCCC2)cnn1C. The minimum Gasteiger partial charge on any atom is -0.294 e. The minimum absolute atomic E-state index is 0.275. The number of carbonyl (C=O) groups excluding carboxylic acids is 1. The summed E-state index contributed by atoms with van der Waals surface area (Å²) in [5.41, 5.74) is 1.80. The van der Waals surface area contributed by atoms with Crippen LogP contribution in [0.15, 0.2) is 6.20 Å². The average Bonchev–Trinajstić information content (AvgIpc) is 2.61. The number of hydrogen-bond acceptors (Lipinski definition) is 2. The molecule has 1 saturated carbocycles. The summed E-state index contributed by atoms with van der Waals surface area (Å²) in [6.45, 7) is 1.96. The van der Waals surface area contributed by atoms with Gasteiger partial charge < -0.3 is 0 Å². The molecule has 16 heavy (non-hydrogen) atoms. The van der Waals surface area contributed by atoms with Crippen LogP contribution in [0, 0.1) is 12.8 Å². The Morgan fingerprint density at radius 1 is 1.44 bits per heavy atom. The standard InChI is InChI=1S/C13H20N2O/c1-10-12(9-14-15(10)2)13(16)8-11-6-4-3-5-7-11/h9,11H,3-8H2,1-2H3. The molecule has 1 aromatic rings. The molecule has 1 heterocycles. The molecule has 3 nitrogen and oxygen atoms in total. The van der Waals surface area contributed by atoms with Gasteiger partial charge in [-0.15, -0.1) is 0 Å². The first-order valence-corrected chi connectivity index (χ1v) is 6.20. The van der Waals surface area contributed by atoms with Gasteiger partial charge in [-0.2, -0.15) is 5.10 Å². The van der Waals surface area contributed by atoms with E-state index in [1.807, 2.05) is 14.0 Å². The Morgan fingerprint density at radius 2 is 2.12 bits per heavy atom. The first kappa shape index (κ1) is 11.4. The maximum absolute atomic E-state index is 12.1. The smallest absolute Gasteiger partial charge is 0.166 e. The number of carbonyl (C=O) groups is 1. The zero-order valence-corrected chi connectivity index (χ0v) is 10.2. The highest BCUT2D eigenvalue weighted by molar-refractivity contribution is 5.97. The number of aromatic nitrogens is 2. The predicted molar refractivity (Wildman–Crippen MR) is 63.5 cm³/mol. The number of Topliss-reactive ketones (excluding diaryl/α,β-unsaturated/α-hetero) is 1. The molecule has 1 aliphatic rings. The lowest BCUT2D eigenvalue weighted by Gasteiger charge is -2.20. The first-order chi connectivity index (χ1) is 7.68.